The Morgan fingerprint density at radius 3 is 1.52 bits per heavy atom. The molecule has 63 heavy (non-hydrogen) atoms. The lowest BCUT2D eigenvalue weighted by Gasteiger charge is -2.26. The minimum absolute atomic E-state index is 0.361. The summed E-state index contributed by atoms with van der Waals surface area (Å²) in [6, 6.07) is 45.0. The second-order valence-electron chi connectivity index (χ2n) is 14.8. The SMILES string of the molecule is C=CCC(O)(c1cccnc1)c1nc2ccccc2s1.C=CCC(O)(c1ccco1)c1nc2ccccc2s1.C=CCC(O)(c1nc2ccccc2s1)c1cccc2ccccc12. The summed E-state index contributed by atoms with van der Waals surface area (Å²) in [4.78, 5) is 17.9. The van der Waals surface area contributed by atoms with Gasteiger partial charge >= 0.3 is 0 Å². The molecule has 3 N–H and O–H groups in total. The van der Waals surface area contributed by atoms with E-state index >= 15 is 0 Å². The molecule has 314 valence electrons. The lowest BCUT2D eigenvalue weighted by Crippen LogP contribution is -2.26. The highest BCUT2D eigenvalue weighted by Crippen LogP contribution is 2.42. The molecular formula is C52H44N4O4S3. The molecule has 0 aliphatic rings. The molecule has 10 aromatic rings. The number of aromatic nitrogens is 4. The number of hydrogen-bond donors (Lipinski definition) is 3. The zero-order chi connectivity index (χ0) is 43.9. The van der Waals surface area contributed by atoms with Gasteiger partial charge in [0, 0.05) is 37.2 Å². The summed E-state index contributed by atoms with van der Waals surface area (Å²) in [5.74, 6) is 0.492. The molecule has 5 heterocycles. The predicted octanol–water partition coefficient (Wildman–Crippen LogP) is 12.5. The van der Waals surface area contributed by atoms with E-state index < -0.39 is 16.8 Å². The molecule has 3 unspecified atom stereocenters. The highest BCUT2D eigenvalue weighted by atomic mass is 32.1. The third-order valence-electron chi connectivity index (χ3n) is 10.6. The molecule has 0 aliphatic carbocycles. The van der Waals surface area contributed by atoms with Crippen molar-refractivity contribution in [3.63, 3.8) is 0 Å². The van der Waals surface area contributed by atoms with Gasteiger partial charge in [-0.3, -0.25) is 4.98 Å². The van der Waals surface area contributed by atoms with Crippen LogP contribution >= 0.6 is 34.0 Å². The maximum Gasteiger partial charge on any atom is 0.177 e. The first kappa shape index (κ1) is 43.2. The van der Waals surface area contributed by atoms with Crippen LogP contribution in [0.5, 0.6) is 0 Å². The average molecular weight is 885 g/mol. The van der Waals surface area contributed by atoms with Crippen LogP contribution in [0.1, 0.15) is 51.2 Å². The minimum Gasteiger partial charge on any atom is -0.466 e. The number of thiazole rings is 3. The number of rotatable bonds is 12. The molecule has 10 rings (SSSR count). The van der Waals surface area contributed by atoms with Gasteiger partial charge in [-0.1, -0.05) is 103 Å². The van der Waals surface area contributed by atoms with Crippen LogP contribution < -0.4 is 0 Å². The van der Waals surface area contributed by atoms with Gasteiger partial charge in [0.2, 0.25) is 0 Å². The van der Waals surface area contributed by atoms with Crippen molar-refractivity contribution in [1.82, 2.24) is 19.9 Å². The van der Waals surface area contributed by atoms with Crippen LogP contribution in [0, 0.1) is 0 Å². The quantitative estimate of drug-likeness (QED) is 0.104. The van der Waals surface area contributed by atoms with Gasteiger partial charge in [0.05, 0.1) is 36.9 Å². The van der Waals surface area contributed by atoms with E-state index in [-0.39, 0.29) is 0 Å². The molecular weight excluding hydrogens is 841 g/mol. The number of para-hydroxylation sites is 3. The van der Waals surface area contributed by atoms with Crippen molar-refractivity contribution in [2.24, 2.45) is 0 Å². The van der Waals surface area contributed by atoms with Crippen LogP contribution in [0.2, 0.25) is 0 Å². The van der Waals surface area contributed by atoms with Crippen molar-refractivity contribution in [1.29, 1.82) is 0 Å². The normalized spacial score (nSPS) is 14.1. The fourth-order valence-corrected chi connectivity index (χ4v) is 10.7. The van der Waals surface area contributed by atoms with Gasteiger partial charge in [-0.2, -0.15) is 0 Å². The van der Waals surface area contributed by atoms with E-state index in [9.17, 15) is 15.3 Å². The number of furan rings is 1. The molecule has 8 nitrogen and oxygen atoms in total. The van der Waals surface area contributed by atoms with Gasteiger partial charge in [-0.15, -0.1) is 53.7 Å². The molecule has 0 spiro atoms. The lowest BCUT2D eigenvalue weighted by molar-refractivity contribution is 0.0598. The van der Waals surface area contributed by atoms with Crippen molar-refractivity contribution in [2.45, 2.75) is 36.1 Å². The molecule has 0 fully saturated rings. The van der Waals surface area contributed by atoms with E-state index in [1.165, 1.54) is 34.0 Å². The second kappa shape index (κ2) is 18.9. The molecule has 11 heteroatoms. The van der Waals surface area contributed by atoms with Crippen molar-refractivity contribution in [2.75, 3.05) is 0 Å². The molecule has 5 aromatic carbocycles. The van der Waals surface area contributed by atoms with E-state index in [2.05, 4.69) is 46.8 Å². The van der Waals surface area contributed by atoms with Crippen LogP contribution in [0.3, 0.4) is 0 Å². The van der Waals surface area contributed by atoms with Gasteiger partial charge in [0.15, 0.2) is 5.60 Å². The fraction of sp³-hybridized carbons (Fsp3) is 0.115. The Hall–Kier alpha value is -6.44. The van der Waals surface area contributed by atoms with Gasteiger partial charge in [-0.25, -0.2) is 15.0 Å². The van der Waals surface area contributed by atoms with Crippen LogP contribution in [-0.4, -0.2) is 35.3 Å². The number of nitrogens with zero attached hydrogens (tertiary/aromatic N) is 4. The Labute approximate surface area is 377 Å². The van der Waals surface area contributed by atoms with Crippen LogP contribution in [0.15, 0.2) is 201 Å². The maximum absolute atomic E-state index is 11.6. The number of benzene rings is 5. The molecule has 3 atom stereocenters. The van der Waals surface area contributed by atoms with Crippen LogP contribution in [0.4, 0.5) is 0 Å². The van der Waals surface area contributed by atoms with E-state index in [0.29, 0.717) is 40.0 Å². The summed E-state index contributed by atoms with van der Waals surface area (Å²) in [5, 5.41) is 37.8. The van der Waals surface area contributed by atoms with E-state index in [1.54, 1.807) is 49.0 Å². The standard InChI is InChI=1S/C21H17NOS.C16H14N2OS.C15H13NO2S/c1-2-14-21(23,20-22-18-12-5-6-13-19(18)24-20)17-11-7-9-15-8-3-4-10-16(15)17;1-2-9-16(19,12-6-5-10-17-11-12)15-18-13-7-3-4-8-14(13)20-15;1-2-9-15(17,13-8-5-10-18-13)14-16-11-6-3-4-7-12(11)19-14/h2-13,23H,1,14H2;2-8,10-11,19H,1,9H2;2-8,10,17H,1,9H2. The van der Waals surface area contributed by atoms with E-state index in [1.807, 2.05) is 115 Å². The third-order valence-corrected chi connectivity index (χ3v) is 14.1. The second-order valence-corrected chi connectivity index (χ2v) is 17.9. The topological polar surface area (TPSA) is 125 Å². The number of pyridine rings is 1. The summed E-state index contributed by atoms with van der Waals surface area (Å²) >= 11 is 4.51. The predicted molar refractivity (Wildman–Crippen MR) is 259 cm³/mol. The molecule has 0 radical (unpaired) electrons. The minimum atomic E-state index is -1.24. The van der Waals surface area contributed by atoms with Gasteiger partial charge in [0.1, 0.15) is 32.0 Å². The lowest BCUT2D eigenvalue weighted by atomic mass is 9.87. The average Bonchev–Trinajstić information content (AvgIpc) is 4.16. The smallest absolute Gasteiger partial charge is 0.177 e. The van der Waals surface area contributed by atoms with Crippen LogP contribution in [-0.2, 0) is 16.8 Å². The number of fused-ring (bicyclic) bond motifs is 4. The summed E-state index contributed by atoms with van der Waals surface area (Å²) in [6.07, 6.45) is 11.2. The zero-order valence-corrected chi connectivity index (χ0v) is 36.7. The summed E-state index contributed by atoms with van der Waals surface area (Å²) < 4.78 is 8.56. The number of hydrogen-bond acceptors (Lipinski definition) is 11. The first-order chi connectivity index (χ1) is 30.7. The van der Waals surface area contributed by atoms with Crippen LogP contribution in [0.25, 0.3) is 41.4 Å². The highest BCUT2D eigenvalue weighted by molar-refractivity contribution is 7.19. The monoisotopic (exact) mass is 884 g/mol. The Morgan fingerprint density at radius 2 is 1.00 bits per heavy atom. The Bertz CT molecular complexity index is 3040. The molecule has 5 aromatic heterocycles. The largest absolute Gasteiger partial charge is 0.466 e. The fourth-order valence-electron chi connectivity index (χ4n) is 7.42. The molecule has 0 saturated carbocycles. The number of aliphatic hydroxyl groups is 3. The zero-order valence-electron chi connectivity index (χ0n) is 34.2. The maximum atomic E-state index is 11.6. The summed E-state index contributed by atoms with van der Waals surface area (Å²) in [5.41, 5.74) is 0.732. The molecule has 0 bridgehead atoms. The molecule has 0 amide bonds. The van der Waals surface area contributed by atoms with Gasteiger partial charge in [0.25, 0.3) is 0 Å². The van der Waals surface area contributed by atoms with Crippen molar-refractivity contribution in [3.8, 4) is 0 Å². The Morgan fingerprint density at radius 1 is 0.508 bits per heavy atom. The molecule has 0 saturated heterocycles. The van der Waals surface area contributed by atoms with Gasteiger partial charge in [-0.05, 0) is 70.9 Å². The Balaban J connectivity index is 0.000000131. The highest BCUT2D eigenvalue weighted by Gasteiger charge is 2.38. The third kappa shape index (κ3) is 8.80. The van der Waals surface area contributed by atoms with Crippen molar-refractivity contribution >= 4 is 75.4 Å². The molecule has 0 aliphatic heterocycles. The van der Waals surface area contributed by atoms with E-state index in [0.717, 1.165) is 52.5 Å². The summed E-state index contributed by atoms with van der Waals surface area (Å²) in [6.45, 7) is 11.3. The van der Waals surface area contributed by atoms with Crippen molar-refractivity contribution < 1.29 is 19.7 Å². The first-order valence-corrected chi connectivity index (χ1v) is 22.7. The van der Waals surface area contributed by atoms with Gasteiger partial charge < -0.3 is 19.7 Å². The Kier molecular flexibility index (Phi) is 13.0. The summed E-state index contributed by atoms with van der Waals surface area (Å²) in [7, 11) is 0. The van der Waals surface area contributed by atoms with Crippen molar-refractivity contribution in [3.05, 3.63) is 228 Å². The first-order valence-electron chi connectivity index (χ1n) is 20.2. The van der Waals surface area contributed by atoms with E-state index in [4.69, 9.17) is 9.40 Å².